The van der Waals surface area contributed by atoms with Gasteiger partial charge in [-0.05, 0) is 47.9 Å². The van der Waals surface area contributed by atoms with E-state index < -0.39 is 22.3 Å². The van der Waals surface area contributed by atoms with Crippen LogP contribution >= 0.6 is 11.3 Å². The number of aliphatic carboxylic acids is 1. The van der Waals surface area contributed by atoms with Gasteiger partial charge in [-0.15, -0.1) is 11.3 Å². The maximum atomic E-state index is 11.5. The van der Waals surface area contributed by atoms with Crippen LogP contribution in [-0.4, -0.2) is 15.9 Å². The van der Waals surface area contributed by atoms with E-state index in [0.717, 1.165) is 16.3 Å². The Bertz CT molecular complexity index is 992. The number of carbonyl (C=O) groups is 1. The molecule has 0 aliphatic carbocycles. The Morgan fingerprint density at radius 1 is 1.19 bits per heavy atom. The van der Waals surface area contributed by atoms with E-state index in [1.165, 1.54) is 23.5 Å². The fraction of sp³-hybridized carbons (Fsp3) is 0.111. The van der Waals surface area contributed by atoms with Crippen LogP contribution in [-0.2, 0) is 4.79 Å². The average molecular weight is 368 g/mol. The van der Waals surface area contributed by atoms with Crippen molar-refractivity contribution in [2.45, 2.75) is 12.8 Å². The van der Waals surface area contributed by atoms with Crippen molar-refractivity contribution in [3.8, 4) is 5.75 Å². The summed E-state index contributed by atoms with van der Waals surface area (Å²) in [4.78, 5) is 25.6. The fourth-order valence-corrected chi connectivity index (χ4v) is 3.46. The number of rotatable bonds is 6. The van der Waals surface area contributed by atoms with Gasteiger partial charge in [-0.25, -0.2) is 4.98 Å². The Morgan fingerprint density at radius 2 is 1.96 bits per heavy atom. The van der Waals surface area contributed by atoms with Crippen LogP contribution in [0.3, 0.4) is 0 Å². The molecule has 26 heavy (non-hydrogen) atoms. The molecule has 0 unspecified atom stereocenters. The Hall–Kier alpha value is -3.26. The van der Waals surface area contributed by atoms with Crippen LogP contribution in [0.2, 0.25) is 0 Å². The molecule has 0 atom stereocenters. The number of allylic oxidation sites excluding steroid dienone is 1. The standard InChI is InChI=1S/C18H14N2O5S/c21-15-7-5-11(10-14(15)20(24)25)9-12(6-8-17(22)23)18-19-13-3-1-2-4-16(13)26-18/h1-5,7,9-10,21H,6,8H2,(H,22,23)/p-2/b12-9+. The van der Waals surface area contributed by atoms with Crippen molar-refractivity contribution in [3.05, 3.63) is 63.1 Å². The lowest BCUT2D eigenvalue weighted by Gasteiger charge is -2.09. The monoisotopic (exact) mass is 368 g/mol. The SMILES string of the molecule is O=C([O-])CC/C(=C\c1ccc([O-])c([N+](=O)[O-])c1)c1nc2ccccc2s1. The highest BCUT2D eigenvalue weighted by Crippen LogP contribution is 2.32. The molecule has 8 heteroatoms. The number of nitro benzene ring substituents is 1. The van der Waals surface area contributed by atoms with Gasteiger partial charge < -0.3 is 15.0 Å². The average Bonchev–Trinajstić information content (AvgIpc) is 3.03. The number of carboxylic acids is 1. The van der Waals surface area contributed by atoms with Crippen LogP contribution in [0.4, 0.5) is 5.69 Å². The predicted octanol–water partition coefficient (Wildman–Crippen LogP) is 2.35. The van der Waals surface area contributed by atoms with E-state index in [1.807, 2.05) is 24.3 Å². The van der Waals surface area contributed by atoms with Gasteiger partial charge in [-0.2, -0.15) is 0 Å². The number of aromatic nitrogens is 1. The van der Waals surface area contributed by atoms with Crippen LogP contribution in [0.15, 0.2) is 42.5 Å². The van der Waals surface area contributed by atoms with E-state index >= 15 is 0 Å². The van der Waals surface area contributed by atoms with Gasteiger partial charge in [0, 0.05) is 12.0 Å². The Balaban J connectivity index is 2.05. The predicted molar refractivity (Wildman–Crippen MR) is 94.3 cm³/mol. The highest BCUT2D eigenvalue weighted by Gasteiger charge is 2.12. The number of fused-ring (bicyclic) bond motifs is 1. The second-order valence-corrected chi connectivity index (χ2v) is 6.54. The summed E-state index contributed by atoms with van der Waals surface area (Å²) in [5, 5.41) is 34.0. The second kappa shape index (κ2) is 7.32. The van der Waals surface area contributed by atoms with E-state index in [4.69, 9.17) is 0 Å². The first kappa shape index (κ1) is 17.6. The third-order valence-electron chi connectivity index (χ3n) is 3.69. The third kappa shape index (κ3) is 3.86. The molecule has 0 aliphatic rings. The van der Waals surface area contributed by atoms with Crippen molar-refractivity contribution in [3.63, 3.8) is 0 Å². The summed E-state index contributed by atoms with van der Waals surface area (Å²) < 4.78 is 0.947. The van der Waals surface area contributed by atoms with Gasteiger partial charge in [-0.1, -0.05) is 24.3 Å². The normalized spacial score (nSPS) is 11.6. The lowest BCUT2D eigenvalue weighted by molar-refractivity contribution is -0.398. The van der Waals surface area contributed by atoms with E-state index in [-0.39, 0.29) is 12.8 Å². The first-order valence-electron chi connectivity index (χ1n) is 7.66. The fourth-order valence-electron chi connectivity index (χ4n) is 2.46. The molecule has 1 aromatic heterocycles. The highest BCUT2D eigenvalue weighted by molar-refractivity contribution is 7.19. The maximum absolute atomic E-state index is 11.5. The molecule has 0 fully saturated rings. The molecule has 2 aromatic carbocycles. The van der Waals surface area contributed by atoms with Gasteiger partial charge in [0.2, 0.25) is 0 Å². The summed E-state index contributed by atoms with van der Waals surface area (Å²) in [6.07, 6.45) is 1.58. The number of benzene rings is 2. The molecule has 0 saturated heterocycles. The molecule has 132 valence electrons. The molecule has 0 aliphatic heterocycles. The highest BCUT2D eigenvalue weighted by atomic mass is 32.1. The minimum absolute atomic E-state index is 0.162. The smallest absolute Gasteiger partial charge is 0.262 e. The molecule has 0 bridgehead atoms. The number of thiazole rings is 1. The summed E-state index contributed by atoms with van der Waals surface area (Å²) in [5.41, 5.74) is 1.31. The van der Waals surface area contributed by atoms with Crippen LogP contribution in [0.5, 0.6) is 5.75 Å². The van der Waals surface area contributed by atoms with E-state index in [1.54, 1.807) is 6.08 Å². The number of carbonyl (C=O) groups excluding carboxylic acids is 1. The second-order valence-electron chi connectivity index (χ2n) is 5.51. The summed E-state index contributed by atoms with van der Waals surface area (Å²) >= 11 is 1.40. The van der Waals surface area contributed by atoms with Crippen molar-refractivity contribution >= 4 is 44.9 Å². The Kier molecular flexibility index (Phi) is 4.94. The third-order valence-corrected chi connectivity index (χ3v) is 4.80. The molecule has 0 spiro atoms. The van der Waals surface area contributed by atoms with E-state index in [0.29, 0.717) is 16.1 Å². The first-order chi connectivity index (χ1) is 12.4. The molecule has 0 radical (unpaired) electrons. The molecule has 3 rings (SSSR count). The van der Waals surface area contributed by atoms with Gasteiger partial charge in [0.05, 0.1) is 15.1 Å². The van der Waals surface area contributed by atoms with Crippen LogP contribution in [0.1, 0.15) is 23.4 Å². The molecular weight excluding hydrogens is 356 g/mol. The van der Waals surface area contributed by atoms with Gasteiger partial charge in [0.15, 0.2) is 0 Å². The summed E-state index contributed by atoms with van der Waals surface area (Å²) in [6.45, 7) is 0. The van der Waals surface area contributed by atoms with E-state index in [9.17, 15) is 25.1 Å². The zero-order valence-electron chi connectivity index (χ0n) is 13.4. The van der Waals surface area contributed by atoms with Gasteiger partial charge in [0.1, 0.15) is 5.01 Å². The number of nitro groups is 1. The van der Waals surface area contributed by atoms with Crippen molar-refractivity contribution < 1.29 is 19.9 Å². The van der Waals surface area contributed by atoms with Crippen molar-refractivity contribution in [1.82, 2.24) is 4.98 Å². The number of carboxylic acid groups (broad SMARTS) is 1. The quantitative estimate of drug-likeness (QED) is 0.486. The topological polar surface area (TPSA) is 119 Å². The summed E-state index contributed by atoms with van der Waals surface area (Å²) in [5.74, 6) is -1.87. The molecule has 0 N–H and O–H groups in total. The van der Waals surface area contributed by atoms with Gasteiger partial charge in [-0.3, -0.25) is 10.1 Å². The minimum atomic E-state index is -1.20. The van der Waals surface area contributed by atoms with Crippen LogP contribution in [0, 0.1) is 10.1 Å². The number of para-hydroxylation sites is 1. The van der Waals surface area contributed by atoms with E-state index in [2.05, 4.69) is 4.98 Å². The molecule has 7 nitrogen and oxygen atoms in total. The van der Waals surface area contributed by atoms with Gasteiger partial charge in [0.25, 0.3) is 5.69 Å². The Morgan fingerprint density at radius 3 is 2.65 bits per heavy atom. The van der Waals surface area contributed by atoms with Gasteiger partial charge >= 0.3 is 0 Å². The minimum Gasteiger partial charge on any atom is -0.868 e. The number of hydrogen-bond acceptors (Lipinski definition) is 7. The maximum Gasteiger partial charge on any atom is 0.262 e. The first-order valence-corrected chi connectivity index (χ1v) is 8.47. The number of nitrogens with zero attached hydrogens (tertiary/aromatic N) is 2. The molecular formula is C18H12N2O5S-2. The molecule has 1 heterocycles. The number of hydrogen-bond donors (Lipinski definition) is 0. The van der Waals surface area contributed by atoms with Crippen molar-refractivity contribution in [2.75, 3.05) is 0 Å². The summed E-state index contributed by atoms with van der Waals surface area (Å²) in [7, 11) is 0. The lowest BCUT2D eigenvalue weighted by atomic mass is 10.1. The van der Waals surface area contributed by atoms with Crippen LogP contribution in [0.25, 0.3) is 21.9 Å². The largest absolute Gasteiger partial charge is 0.868 e. The zero-order chi connectivity index (χ0) is 18.7. The molecule has 0 amide bonds. The zero-order valence-corrected chi connectivity index (χ0v) is 14.2. The molecule has 3 aromatic rings. The summed E-state index contributed by atoms with van der Waals surface area (Å²) in [6, 6.07) is 11.2. The van der Waals surface area contributed by atoms with Crippen molar-refractivity contribution in [2.24, 2.45) is 0 Å². The van der Waals surface area contributed by atoms with Crippen LogP contribution < -0.4 is 10.2 Å². The lowest BCUT2D eigenvalue weighted by Crippen LogP contribution is -2.21. The molecule has 0 saturated carbocycles. The van der Waals surface area contributed by atoms with Crippen molar-refractivity contribution in [1.29, 1.82) is 0 Å². The Labute approximate surface area is 152 Å².